The van der Waals surface area contributed by atoms with Crippen molar-refractivity contribution in [1.82, 2.24) is 0 Å². The molecule has 0 radical (unpaired) electrons. The van der Waals surface area contributed by atoms with Crippen LogP contribution >= 0.6 is 11.3 Å². The number of aliphatic hydroxyl groups excluding tert-OH is 2. The number of carbonyl (C=O) groups is 1. The highest BCUT2D eigenvalue weighted by Crippen LogP contribution is 2.29. The van der Waals surface area contributed by atoms with E-state index in [0.717, 1.165) is 18.4 Å². The minimum absolute atomic E-state index is 0.0393. The number of aliphatic hydroxyl groups is 2. The zero-order valence-corrected chi connectivity index (χ0v) is 16.2. The van der Waals surface area contributed by atoms with Gasteiger partial charge in [0.1, 0.15) is 12.2 Å². The van der Waals surface area contributed by atoms with Crippen molar-refractivity contribution in [2.24, 2.45) is 11.8 Å². The predicted molar refractivity (Wildman–Crippen MR) is 99.7 cm³/mol. The number of hydrogen-bond acceptors (Lipinski definition) is 7. The summed E-state index contributed by atoms with van der Waals surface area (Å²) < 4.78 is 4.47. The molecule has 0 aliphatic rings. The monoisotopic (exact) mass is 381 g/mol. The average Bonchev–Trinajstić information content (AvgIpc) is 3.03. The maximum absolute atomic E-state index is 11.4. The number of nitrogens with zero attached hydrogens (tertiary/aromatic N) is 1. The van der Waals surface area contributed by atoms with Gasteiger partial charge in [0.15, 0.2) is 4.88 Å². The average molecular weight is 381 g/mol. The summed E-state index contributed by atoms with van der Waals surface area (Å²) in [6.07, 6.45) is 3.49. The Balaban J connectivity index is 0.000000758. The number of rotatable bonds is 4. The van der Waals surface area contributed by atoms with Gasteiger partial charge < -0.3 is 14.9 Å². The highest BCUT2D eigenvalue weighted by atomic mass is 32.1. The van der Waals surface area contributed by atoms with E-state index in [2.05, 4.69) is 22.5 Å². The Kier molecular flexibility index (Phi) is 10.2. The van der Waals surface area contributed by atoms with Crippen molar-refractivity contribution in [2.75, 3.05) is 7.11 Å². The fourth-order valence-electron chi connectivity index (χ4n) is 1.32. The van der Waals surface area contributed by atoms with Gasteiger partial charge in [0.25, 0.3) is 5.69 Å². The Hall–Kier alpha value is -2.39. The van der Waals surface area contributed by atoms with Gasteiger partial charge in [0.05, 0.1) is 16.9 Å². The molecule has 0 aliphatic carbocycles. The Morgan fingerprint density at radius 3 is 2.15 bits per heavy atom. The van der Waals surface area contributed by atoms with Crippen molar-refractivity contribution >= 4 is 23.0 Å². The van der Waals surface area contributed by atoms with Gasteiger partial charge >= 0.3 is 5.97 Å². The topological polar surface area (TPSA) is 110 Å². The first-order valence-electron chi connectivity index (χ1n) is 7.75. The van der Waals surface area contributed by atoms with Crippen LogP contribution in [0.2, 0.25) is 0 Å². The van der Waals surface area contributed by atoms with Crippen molar-refractivity contribution in [3.63, 3.8) is 0 Å². The summed E-state index contributed by atoms with van der Waals surface area (Å²) in [5, 5.41) is 29.0. The molecule has 0 saturated carbocycles. The SMILES string of the molecule is C#CC(O)C(C)C.COC(=O)c1sc(C#CC(O)C(C)C)cc1[N+](=O)[O-]. The molecule has 7 nitrogen and oxygen atoms in total. The number of nitro groups is 1. The number of terminal acetylenes is 1. The van der Waals surface area contributed by atoms with Crippen LogP contribution in [0.25, 0.3) is 0 Å². The van der Waals surface area contributed by atoms with E-state index in [4.69, 9.17) is 11.5 Å². The molecule has 142 valence electrons. The van der Waals surface area contributed by atoms with Crippen molar-refractivity contribution in [3.05, 3.63) is 25.9 Å². The van der Waals surface area contributed by atoms with Crippen molar-refractivity contribution in [2.45, 2.75) is 39.9 Å². The lowest BCUT2D eigenvalue weighted by molar-refractivity contribution is -0.384. The minimum atomic E-state index is -0.817. The third kappa shape index (κ3) is 7.66. The van der Waals surface area contributed by atoms with Crippen LogP contribution in [0.3, 0.4) is 0 Å². The second kappa shape index (κ2) is 11.3. The van der Waals surface area contributed by atoms with Gasteiger partial charge in [-0.3, -0.25) is 10.1 Å². The fraction of sp³-hybridized carbons (Fsp3) is 0.500. The van der Waals surface area contributed by atoms with Gasteiger partial charge in [-0.15, -0.1) is 17.8 Å². The summed E-state index contributed by atoms with van der Waals surface area (Å²) in [4.78, 5) is 21.8. The zero-order valence-electron chi connectivity index (χ0n) is 15.3. The molecule has 2 atom stereocenters. The standard InChI is InChI=1S/C12H13NO5S.C6H10O/c1-7(2)10(14)5-4-8-6-9(13(16)17)11(19-8)12(15)18-3;1-4-6(7)5(2)3/h6-7,10,14H,1-3H3;1,5-7H,2-3H3. The molecule has 26 heavy (non-hydrogen) atoms. The summed E-state index contributed by atoms with van der Waals surface area (Å²) in [5.74, 6) is 6.80. The van der Waals surface area contributed by atoms with Gasteiger partial charge in [-0.05, 0) is 11.8 Å². The first-order valence-corrected chi connectivity index (χ1v) is 8.57. The van der Waals surface area contributed by atoms with E-state index < -0.39 is 23.1 Å². The molecule has 1 rings (SSSR count). The van der Waals surface area contributed by atoms with Gasteiger partial charge in [-0.2, -0.15) is 0 Å². The lowest BCUT2D eigenvalue weighted by Gasteiger charge is -2.04. The smallest absolute Gasteiger partial charge is 0.355 e. The summed E-state index contributed by atoms with van der Waals surface area (Å²) in [6, 6.07) is 1.21. The number of methoxy groups -OCH3 is 1. The third-order valence-electron chi connectivity index (χ3n) is 3.06. The number of carbonyl (C=O) groups excluding carboxylic acids is 1. The van der Waals surface area contributed by atoms with E-state index in [1.165, 1.54) is 6.07 Å². The zero-order chi connectivity index (χ0) is 20.4. The van der Waals surface area contributed by atoms with Gasteiger partial charge in [0.2, 0.25) is 0 Å². The summed E-state index contributed by atoms with van der Waals surface area (Å²) in [7, 11) is 1.15. The maximum atomic E-state index is 11.4. The molecule has 1 aromatic heterocycles. The van der Waals surface area contributed by atoms with Crippen LogP contribution in [0.4, 0.5) is 5.69 Å². The van der Waals surface area contributed by atoms with Crippen LogP contribution in [-0.4, -0.2) is 40.4 Å². The Bertz CT molecular complexity index is 720. The molecule has 2 N–H and O–H groups in total. The summed E-state index contributed by atoms with van der Waals surface area (Å²) in [6.45, 7) is 7.36. The summed E-state index contributed by atoms with van der Waals surface area (Å²) >= 11 is 0.873. The molecular formula is C18H23NO6S. The molecule has 2 unspecified atom stereocenters. The minimum Gasteiger partial charge on any atom is -0.465 e. The van der Waals surface area contributed by atoms with Crippen LogP contribution < -0.4 is 0 Å². The van der Waals surface area contributed by atoms with E-state index in [-0.39, 0.29) is 22.4 Å². The molecule has 0 amide bonds. The van der Waals surface area contributed by atoms with E-state index in [1.807, 2.05) is 13.8 Å². The molecule has 0 fully saturated rings. The van der Waals surface area contributed by atoms with Crippen LogP contribution in [-0.2, 0) is 4.74 Å². The van der Waals surface area contributed by atoms with E-state index in [0.29, 0.717) is 4.88 Å². The second-order valence-electron chi connectivity index (χ2n) is 5.89. The largest absolute Gasteiger partial charge is 0.465 e. The Morgan fingerprint density at radius 1 is 1.27 bits per heavy atom. The molecule has 0 bridgehead atoms. The molecular weight excluding hydrogens is 358 g/mol. The maximum Gasteiger partial charge on any atom is 0.355 e. The fourth-order valence-corrected chi connectivity index (χ4v) is 2.23. The lowest BCUT2D eigenvalue weighted by atomic mass is 10.1. The van der Waals surface area contributed by atoms with Gasteiger partial charge in [-0.25, -0.2) is 4.79 Å². The number of thiophene rings is 1. The van der Waals surface area contributed by atoms with E-state index in [9.17, 15) is 20.0 Å². The first-order chi connectivity index (χ1) is 12.0. The molecule has 0 saturated heterocycles. The van der Waals surface area contributed by atoms with E-state index >= 15 is 0 Å². The molecule has 0 aliphatic heterocycles. The molecule has 1 heterocycles. The third-order valence-corrected chi connectivity index (χ3v) is 4.08. The van der Waals surface area contributed by atoms with Crippen molar-refractivity contribution < 1.29 is 24.7 Å². The van der Waals surface area contributed by atoms with Crippen molar-refractivity contribution in [3.8, 4) is 24.2 Å². The molecule has 0 aromatic carbocycles. The van der Waals surface area contributed by atoms with Crippen LogP contribution in [0, 0.1) is 46.1 Å². The van der Waals surface area contributed by atoms with Crippen LogP contribution in [0.5, 0.6) is 0 Å². The Morgan fingerprint density at radius 2 is 1.81 bits per heavy atom. The van der Waals surface area contributed by atoms with Gasteiger partial charge in [-0.1, -0.05) is 45.5 Å². The van der Waals surface area contributed by atoms with Gasteiger partial charge in [0, 0.05) is 6.07 Å². The van der Waals surface area contributed by atoms with E-state index in [1.54, 1.807) is 13.8 Å². The molecule has 8 heteroatoms. The quantitative estimate of drug-likeness (QED) is 0.359. The number of hydrogen-bond donors (Lipinski definition) is 2. The number of ether oxygens (including phenoxy) is 1. The molecule has 0 spiro atoms. The Labute approximate surface area is 157 Å². The van der Waals surface area contributed by atoms with Crippen LogP contribution in [0.15, 0.2) is 6.07 Å². The lowest BCUT2D eigenvalue weighted by Crippen LogP contribution is -2.11. The first kappa shape index (κ1) is 23.6. The summed E-state index contributed by atoms with van der Waals surface area (Å²) in [5.41, 5.74) is -0.333. The predicted octanol–water partition coefficient (Wildman–Crippen LogP) is 2.45. The normalized spacial score (nSPS) is 12.2. The number of esters is 1. The van der Waals surface area contributed by atoms with Crippen molar-refractivity contribution in [1.29, 1.82) is 0 Å². The highest BCUT2D eigenvalue weighted by molar-refractivity contribution is 7.15. The molecule has 1 aromatic rings. The van der Waals surface area contributed by atoms with Crippen LogP contribution in [0.1, 0.15) is 42.2 Å². The second-order valence-corrected chi connectivity index (χ2v) is 6.94. The highest BCUT2D eigenvalue weighted by Gasteiger charge is 2.25.